The van der Waals surface area contributed by atoms with Gasteiger partial charge in [-0.1, -0.05) is 23.7 Å². The minimum atomic E-state index is -0.0754. The molecule has 1 amide bonds. The van der Waals surface area contributed by atoms with Crippen LogP contribution in [0.1, 0.15) is 6.92 Å². The third kappa shape index (κ3) is 3.77. The summed E-state index contributed by atoms with van der Waals surface area (Å²) in [6.45, 7) is 3.95. The number of nitrogens with zero attached hydrogens (tertiary/aromatic N) is 3. The lowest BCUT2D eigenvalue weighted by Crippen LogP contribution is -2.46. The van der Waals surface area contributed by atoms with Gasteiger partial charge in [-0.3, -0.25) is 4.79 Å². The van der Waals surface area contributed by atoms with E-state index in [1.165, 1.54) is 0 Å². The van der Waals surface area contributed by atoms with E-state index >= 15 is 0 Å². The van der Waals surface area contributed by atoms with E-state index in [-0.39, 0.29) is 12.0 Å². The van der Waals surface area contributed by atoms with Crippen LogP contribution >= 0.6 is 11.6 Å². The summed E-state index contributed by atoms with van der Waals surface area (Å²) in [5.74, 6) is 2.15. The maximum absolute atomic E-state index is 11.6. The highest BCUT2D eigenvalue weighted by atomic mass is 35.5. The third-order valence-electron chi connectivity index (χ3n) is 4.67. The Morgan fingerprint density at radius 2 is 2.07 bits per heavy atom. The van der Waals surface area contributed by atoms with E-state index < -0.39 is 0 Å². The van der Waals surface area contributed by atoms with Gasteiger partial charge in [0.2, 0.25) is 5.91 Å². The minimum absolute atomic E-state index is 0.0737. The molecule has 2 aromatic heterocycles. The fourth-order valence-corrected chi connectivity index (χ4v) is 3.51. The van der Waals surface area contributed by atoms with Gasteiger partial charge in [0.1, 0.15) is 5.76 Å². The second-order valence-corrected chi connectivity index (χ2v) is 6.91. The van der Waals surface area contributed by atoms with Gasteiger partial charge in [-0.2, -0.15) is 0 Å². The van der Waals surface area contributed by atoms with E-state index in [0.717, 1.165) is 11.4 Å². The van der Waals surface area contributed by atoms with E-state index in [4.69, 9.17) is 20.8 Å². The van der Waals surface area contributed by atoms with Gasteiger partial charge in [0.25, 0.3) is 0 Å². The van der Waals surface area contributed by atoms with Crippen LogP contribution in [-0.4, -0.2) is 46.2 Å². The first-order valence-corrected chi connectivity index (χ1v) is 9.23. The molecule has 6 nitrogen and oxygen atoms in total. The molecule has 1 aromatic carbocycles. The van der Waals surface area contributed by atoms with Gasteiger partial charge in [-0.25, -0.2) is 4.98 Å². The Hall–Kier alpha value is -2.57. The number of amides is 1. The third-order valence-corrected chi connectivity index (χ3v) is 5.00. The number of aromatic nitrogens is 2. The van der Waals surface area contributed by atoms with E-state index in [1.807, 2.05) is 52.1 Å². The van der Waals surface area contributed by atoms with E-state index in [0.29, 0.717) is 42.8 Å². The van der Waals surface area contributed by atoms with Crippen molar-refractivity contribution in [2.75, 3.05) is 19.7 Å². The van der Waals surface area contributed by atoms with Gasteiger partial charge in [0, 0.05) is 38.0 Å². The second-order valence-electron chi connectivity index (χ2n) is 6.50. The number of rotatable bonds is 4. The molecule has 0 spiro atoms. The number of halogens is 1. The highest BCUT2D eigenvalue weighted by Crippen LogP contribution is 2.32. The summed E-state index contributed by atoms with van der Waals surface area (Å²) in [4.78, 5) is 17.9. The average Bonchev–Trinajstić information content (AvgIpc) is 3.31. The summed E-state index contributed by atoms with van der Waals surface area (Å²) in [7, 11) is 0. The standard InChI is InChI=1S/C20H20ClN3O3/c1-14(25)23-10-11-26-15(12-23)13-24-9-8-22-20(24)19-7-6-18(27-19)16-4-2-3-5-17(16)21/h2-9,15H,10-13H2,1H3/t15-/m1/s1. The molecule has 0 unspecified atom stereocenters. The first-order valence-electron chi connectivity index (χ1n) is 8.85. The Kier molecular flexibility index (Phi) is 5.01. The highest BCUT2D eigenvalue weighted by Gasteiger charge is 2.24. The molecule has 0 saturated carbocycles. The largest absolute Gasteiger partial charge is 0.453 e. The zero-order chi connectivity index (χ0) is 18.8. The Bertz CT molecular complexity index is 949. The lowest BCUT2D eigenvalue weighted by atomic mass is 10.2. The molecular weight excluding hydrogens is 366 g/mol. The molecule has 1 aliphatic rings. The molecule has 140 valence electrons. The smallest absolute Gasteiger partial charge is 0.219 e. The van der Waals surface area contributed by atoms with E-state index in [1.54, 1.807) is 13.1 Å². The molecule has 0 bridgehead atoms. The average molecular weight is 386 g/mol. The van der Waals surface area contributed by atoms with Crippen LogP contribution in [-0.2, 0) is 16.1 Å². The number of furan rings is 1. The fourth-order valence-electron chi connectivity index (χ4n) is 3.28. The maximum atomic E-state index is 11.6. The Balaban J connectivity index is 1.54. The number of carbonyl (C=O) groups is 1. The predicted octanol–water partition coefficient (Wildman–Crippen LogP) is 3.71. The zero-order valence-electron chi connectivity index (χ0n) is 15.0. The molecule has 27 heavy (non-hydrogen) atoms. The van der Waals surface area contributed by atoms with Crippen LogP contribution < -0.4 is 0 Å². The number of hydrogen-bond acceptors (Lipinski definition) is 4. The first kappa shape index (κ1) is 17.8. The van der Waals surface area contributed by atoms with Crippen LogP contribution in [0.3, 0.4) is 0 Å². The number of morpholine rings is 1. The van der Waals surface area contributed by atoms with Crippen LogP contribution in [0.2, 0.25) is 5.02 Å². The molecule has 7 heteroatoms. The van der Waals surface area contributed by atoms with Crippen molar-refractivity contribution in [3.63, 3.8) is 0 Å². The summed E-state index contributed by atoms with van der Waals surface area (Å²) in [5.41, 5.74) is 0.844. The van der Waals surface area contributed by atoms with Gasteiger partial charge < -0.3 is 18.6 Å². The van der Waals surface area contributed by atoms with Crippen molar-refractivity contribution in [3.05, 3.63) is 53.8 Å². The van der Waals surface area contributed by atoms with E-state index in [2.05, 4.69) is 4.98 Å². The normalized spacial score (nSPS) is 17.3. The van der Waals surface area contributed by atoms with Crippen LogP contribution in [0.4, 0.5) is 0 Å². The van der Waals surface area contributed by atoms with Gasteiger partial charge >= 0.3 is 0 Å². The lowest BCUT2D eigenvalue weighted by molar-refractivity contribution is -0.136. The summed E-state index contributed by atoms with van der Waals surface area (Å²) in [5, 5.41) is 0.640. The molecule has 0 radical (unpaired) electrons. The molecule has 1 atom stereocenters. The van der Waals surface area contributed by atoms with Crippen molar-refractivity contribution in [1.29, 1.82) is 0 Å². The minimum Gasteiger partial charge on any atom is -0.453 e. The zero-order valence-corrected chi connectivity index (χ0v) is 15.7. The first-order chi connectivity index (χ1) is 13.1. The monoisotopic (exact) mass is 385 g/mol. The summed E-state index contributed by atoms with van der Waals surface area (Å²) >= 11 is 6.26. The SMILES string of the molecule is CC(=O)N1CCO[C@@H](Cn2ccnc2-c2ccc(-c3ccccc3Cl)o2)C1. The van der Waals surface area contributed by atoms with Gasteiger partial charge in [-0.15, -0.1) is 0 Å². The number of hydrogen-bond donors (Lipinski definition) is 0. The molecule has 1 fully saturated rings. The molecule has 1 aliphatic heterocycles. The van der Waals surface area contributed by atoms with Crippen LogP contribution in [0.5, 0.6) is 0 Å². The molecule has 1 saturated heterocycles. The van der Waals surface area contributed by atoms with Crippen molar-refractivity contribution >= 4 is 17.5 Å². The maximum Gasteiger partial charge on any atom is 0.219 e. The molecule has 0 N–H and O–H groups in total. The van der Waals surface area contributed by atoms with Gasteiger partial charge in [0.05, 0.1) is 24.3 Å². The predicted molar refractivity (Wildman–Crippen MR) is 102 cm³/mol. The highest BCUT2D eigenvalue weighted by molar-refractivity contribution is 6.33. The fraction of sp³-hybridized carbons (Fsp3) is 0.300. The molecule has 0 aliphatic carbocycles. The van der Waals surface area contributed by atoms with Crippen LogP contribution in [0.25, 0.3) is 22.9 Å². The quantitative estimate of drug-likeness (QED) is 0.686. The topological polar surface area (TPSA) is 60.5 Å². The van der Waals surface area contributed by atoms with Crippen LogP contribution in [0, 0.1) is 0 Å². The van der Waals surface area contributed by atoms with Crippen molar-refractivity contribution in [2.24, 2.45) is 0 Å². The molecule has 4 rings (SSSR count). The molecule has 3 aromatic rings. The molecule has 3 heterocycles. The lowest BCUT2D eigenvalue weighted by Gasteiger charge is -2.32. The number of carbonyl (C=O) groups excluding carboxylic acids is 1. The number of ether oxygens (including phenoxy) is 1. The van der Waals surface area contributed by atoms with E-state index in [9.17, 15) is 4.79 Å². The Labute approximate surface area is 162 Å². The summed E-state index contributed by atoms with van der Waals surface area (Å²) in [6, 6.07) is 11.3. The van der Waals surface area contributed by atoms with Crippen molar-refractivity contribution in [3.8, 4) is 22.9 Å². The summed E-state index contributed by atoms with van der Waals surface area (Å²) < 4.78 is 13.8. The van der Waals surface area contributed by atoms with Crippen molar-refractivity contribution < 1.29 is 13.9 Å². The van der Waals surface area contributed by atoms with Gasteiger partial charge in [-0.05, 0) is 24.3 Å². The van der Waals surface area contributed by atoms with Gasteiger partial charge in [0.15, 0.2) is 11.6 Å². The van der Waals surface area contributed by atoms with Crippen molar-refractivity contribution in [1.82, 2.24) is 14.5 Å². The van der Waals surface area contributed by atoms with Crippen molar-refractivity contribution in [2.45, 2.75) is 19.6 Å². The molecular formula is C20H20ClN3O3. The number of benzene rings is 1. The second kappa shape index (κ2) is 7.58. The summed E-state index contributed by atoms with van der Waals surface area (Å²) in [6.07, 6.45) is 3.55. The van der Waals surface area contributed by atoms with Crippen LogP contribution in [0.15, 0.2) is 53.2 Å². The number of imidazole rings is 1. The Morgan fingerprint density at radius 3 is 2.89 bits per heavy atom. The Morgan fingerprint density at radius 1 is 1.26 bits per heavy atom.